The van der Waals surface area contributed by atoms with Crippen LogP contribution in [-0.2, 0) is 4.79 Å². The fourth-order valence-corrected chi connectivity index (χ4v) is 2.57. The monoisotopic (exact) mass is 253 g/mol. The molecule has 2 aromatic rings. The number of amides is 1. The molecule has 19 heavy (non-hydrogen) atoms. The minimum atomic E-state index is 0.0289. The van der Waals surface area contributed by atoms with Crippen molar-refractivity contribution in [2.75, 3.05) is 4.90 Å². The van der Waals surface area contributed by atoms with Gasteiger partial charge in [-0.3, -0.25) is 9.69 Å². The van der Waals surface area contributed by atoms with Gasteiger partial charge in [0.2, 0.25) is 5.91 Å². The summed E-state index contributed by atoms with van der Waals surface area (Å²) in [6.07, 6.45) is 0. The highest BCUT2D eigenvalue weighted by molar-refractivity contribution is 6.00. The lowest BCUT2D eigenvalue weighted by Crippen LogP contribution is -2.24. The van der Waals surface area contributed by atoms with Gasteiger partial charge in [0.25, 0.3) is 0 Å². The maximum atomic E-state index is 12.1. The lowest BCUT2D eigenvalue weighted by atomic mass is 10.0. The molecule has 0 aliphatic rings. The first kappa shape index (κ1) is 13.3. The zero-order valence-corrected chi connectivity index (χ0v) is 11.9. The summed E-state index contributed by atoms with van der Waals surface area (Å²) in [5, 5.41) is 0. The van der Waals surface area contributed by atoms with Crippen molar-refractivity contribution in [1.29, 1.82) is 0 Å². The molecular weight excluding hydrogens is 234 g/mol. The fraction of sp³-hybridized carbons (Fsp3) is 0.235. The highest BCUT2D eigenvalue weighted by atomic mass is 16.2. The maximum Gasteiger partial charge on any atom is 0.228 e. The second-order valence-electron chi connectivity index (χ2n) is 4.94. The zero-order valence-electron chi connectivity index (χ0n) is 11.9. The number of para-hydroxylation sites is 1. The molecule has 1 amide bonds. The maximum absolute atomic E-state index is 12.1. The van der Waals surface area contributed by atoms with E-state index in [2.05, 4.69) is 19.1 Å². The third kappa shape index (κ3) is 2.68. The molecule has 0 fully saturated rings. The molecule has 2 aromatic carbocycles. The van der Waals surface area contributed by atoms with Gasteiger partial charge < -0.3 is 0 Å². The Bertz CT molecular complexity index is 579. The third-order valence-corrected chi connectivity index (χ3v) is 3.19. The number of rotatable bonds is 2. The number of hydrogen-bond donors (Lipinski definition) is 0. The molecule has 0 radical (unpaired) electrons. The third-order valence-electron chi connectivity index (χ3n) is 3.19. The molecule has 0 N–H and O–H groups in total. The molecule has 0 bridgehead atoms. The largest absolute Gasteiger partial charge is 0.281 e. The Labute approximate surface area is 114 Å². The van der Waals surface area contributed by atoms with Gasteiger partial charge in [-0.1, -0.05) is 35.9 Å². The van der Waals surface area contributed by atoms with E-state index in [9.17, 15) is 4.79 Å². The van der Waals surface area contributed by atoms with E-state index in [1.54, 1.807) is 11.8 Å². The first-order chi connectivity index (χ1) is 9.00. The minimum absolute atomic E-state index is 0.0289. The zero-order chi connectivity index (χ0) is 14.0. The van der Waals surface area contributed by atoms with Gasteiger partial charge in [0.15, 0.2) is 0 Å². The Balaban J connectivity index is 2.62. The van der Waals surface area contributed by atoms with Gasteiger partial charge in [-0.25, -0.2) is 0 Å². The van der Waals surface area contributed by atoms with Crippen LogP contribution in [0.4, 0.5) is 11.4 Å². The molecule has 2 rings (SSSR count). The normalized spacial score (nSPS) is 10.3. The van der Waals surface area contributed by atoms with Crippen LogP contribution in [0, 0.1) is 20.8 Å². The molecule has 0 unspecified atom stereocenters. The van der Waals surface area contributed by atoms with Gasteiger partial charge in [0.05, 0.1) is 5.69 Å². The van der Waals surface area contributed by atoms with Crippen LogP contribution in [0.1, 0.15) is 23.6 Å². The summed E-state index contributed by atoms with van der Waals surface area (Å²) in [6, 6.07) is 14.0. The predicted molar refractivity (Wildman–Crippen MR) is 79.9 cm³/mol. The van der Waals surface area contributed by atoms with E-state index < -0.39 is 0 Å². The van der Waals surface area contributed by atoms with E-state index in [-0.39, 0.29) is 5.91 Å². The smallest absolute Gasteiger partial charge is 0.228 e. The van der Waals surface area contributed by atoms with Gasteiger partial charge in [0, 0.05) is 12.6 Å². The highest BCUT2D eigenvalue weighted by Crippen LogP contribution is 2.32. The fourth-order valence-electron chi connectivity index (χ4n) is 2.57. The van der Waals surface area contributed by atoms with Crippen molar-refractivity contribution in [3.05, 3.63) is 59.2 Å². The SMILES string of the molecule is CC(=O)N(c1ccccc1)c1c(C)cc(C)cc1C. The second kappa shape index (κ2) is 5.27. The Morgan fingerprint density at radius 1 is 0.947 bits per heavy atom. The topological polar surface area (TPSA) is 20.3 Å². The molecule has 2 heteroatoms. The Hall–Kier alpha value is -2.09. The number of hydrogen-bond acceptors (Lipinski definition) is 1. The van der Waals surface area contributed by atoms with E-state index in [4.69, 9.17) is 0 Å². The summed E-state index contributed by atoms with van der Waals surface area (Å²) in [5.74, 6) is 0.0289. The Morgan fingerprint density at radius 2 is 1.47 bits per heavy atom. The van der Waals surface area contributed by atoms with Crippen LogP contribution in [0.2, 0.25) is 0 Å². The van der Waals surface area contributed by atoms with E-state index in [1.165, 1.54) is 5.56 Å². The van der Waals surface area contributed by atoms with Crippen LogP contribution in [0.3, 0.4) is 0 Å². The predicted octanol–water partition coefficient (Wildman–Crippen LogP) is 4.30. The summed E-state index contributed by atoms with van der Waals surface area (Å²) in [6.45, 7) is 7.78. The quantitative estimate of drug-likeness (QED) is 0.781. The van der Waals surface area contributed by atoms with Crippen LogP contribution in [0.25, 0.3) is 0 Å². The molecule has 0 aliphatic heterocycles. The lowest BCUT2D eigenvalue weighted by Gasteiger charge is -2.25. The second-order valence-corrected chi connectivity index (χ2v) is 4.94. The van der Waals surface area contributed by atoms with Crippen molar-refractivity contribution in [3.63, 3.8) is 0 Å². The summed E-state index contributed by atoms with van der Waals surface area (Å²) in [5.41, 5.74) is 5.36. The van der Waals surface area contributed by atoms with Crippen LogP contribution in [0.15, 0.2) is 42.5 Å². The lowest BCUT2D eigenvalue weighted by molar-refractivity contribution is -0.115. The Morgan fingerprint density at radius 3 is 1.95 bits per heavy atom. The van der Waals surface area contributed by atoms with Gasteiger partial charge >= 0.3 is 0 Å². The van der Waals surface area contributed by atoms with Gasteiger partial charge in [-0.05, 0) is 44.0 Å². The number of benzene rings is 2. The number of carbonyl (C=O) groups excluding carboxylic acids is 1. The molecule has 0 aromatic heterocycles. The summed E-state index contributed by atoms with van der Waals surface area (Å²) >= 11 is 0. The van der Waals surface area contributed by atoms with E-state index in [0.29, 0.717) is 0 Å². The van der Waals surface area contributed by atoms with Crippen LogP contribution >= 0.6 is 0 Å². The number of anilines is 2. The molecule has 0 spiro atoms. The van der Waals surface area contributed by atoms with Crippen molar-refractivity contribution >= 4 is 17.3 Å². The van der Waals surface area contributed by atoms with Crippen molar-refractivity contribution in [2.24, 2.45) is 0 Å². The van der Waals surface area contributed by atoms with E-state index in [1.807, 2.05) is 44.2 Å². The molecular formula is C17H19NO. The van der Waals surface area contributed by atoms with Crippen molar-refractivity contribution in [3.8, 4) is 0 Å². The highest BCUT2D eigenvalue weighted by Gasteiger charge is 2.18. The van der Waals surface area contributed by atoms with Crippen LogP contribution < -0.4 is 4.90 Å². The first-order valence-corrected chi connectivity index (χ1v) is 6.44. The van der Waals surface area contributed by atoms with Crippen molar-refractivity contribution in [1.82, 2.24) is 0 Å². The Kier molecular flexibility index (Phi) is 3.70. The number of carbonyl (C=O) groups is 1. The summed E-state index contributed by atoms with van der Waals surface area (Å²) < 4.78 is 0. The summed E-state index contributed by atoms with van der Waals surface area (Å²) in [4.78, 5) is 13.8. The molecule has 0 saturated carbocycles. The standard InChI is InChI=1S/C17H19NO/c1-12-10-13(2)17(14(3)11-12)18(15(4)19)16-8-6-5-7-9-16/h5-11H,1-4H3. The molecule has 2 nitrogen and oxygen atoms in total. The van der Waals surface area contributed by atoms with Crippen LogP contribution in [0.5, 0.6) is 0 Å². The molecule has 98 valence electrons. The number of nitrogens with zero attached hydrogens (tertiary/aromatic N) is 1. The van der Waals surface area contributed by atoms with E-state index >= 15 is 0 Å². The van der Waals surface area contributed by atoms with Gasteiger partial charge in [0.1, 0.15) is 0 Å². The van der Waals surface area contributed by atoms with Crippen molar-refractivity contribution < 1.29 is 4.79 Å². The molecule has 0 heterocycles. The van der Waals surface area contributed by atoms with Crippen molar-refractivity contribution in [2.45, 2.75) is 27.7 Å². The molecule has 0 atom stereocenters. The molecule has 0 saturated heterocycles. The number of aryl methyl sites for hydroxylation is 3. The van der Waals surface area contributed by atoms with Gasteiger partial charge in [-0.15, -0.1) is 0 Å². The van der Waals surface area contributed by atoms with Crippen LogP contribution in [-0.4, -0.2) is 5.91 Å². The van der Waals surface area contributed by atoms with Gasteiger partial charge in [-0.2, -0.15) is 0 Å². The summed E-state index contributed by atoms with van der Waals surface area (Å²) in [7, 11) is 0. The molecule has 0 aliphatic carbocycles. The average molecular weight is 253 g/mol. The van der Waals surface area contributed by atoms with E-state index in [0.717, 1.165) is 22.5 Å². The average Bonchev–Trinajstić information content (AvgIpc) is 2.34. The first-order valence-electron chi connectivity index (χ1n) is 6.44. The minimum Gasteiger partial charge on any atom is -0.281 e.